The van der Waals surface area contributed by atoms with Crippen molar-refractivity contribution < 1.29 is 4.79 Å². The molecule has 6 heteroatoms. The van der Waals surface area contributed by atoms with Gasteiger partial charge in [-0.3, -0.25) is 14.2 Å². The van der Waals surface area contributed by atoms with Gasteiger partial charge in [-0.25, -0.2) is 4.98 Å². The summed E-state index contributed by atoms with van der Waals surface area (Å²) in [5, 5.41) is 3.75. The molecular formula is C19H21N3O2S. The van der Waals surface area contributed by atoms with Crippen LogP contribution >= 0.6 is 11.8 Å². The predicted octanol–water partition coefficient (Wildman–Crippen LogP) is 2.81. The maximum Gasteiger partial charge on any atom is 0.267 e. The SMILES string of the molecule is O=C(NC1CCC(c2ccccc2)CC1)c1cnc2n(c1=O)CCS2. The zero-order valence-electron chi connectivity index (χ0n) is 14.0. The minimum absolute atomic E-state index is 0.138. The lowest BCUT2D eigenvalue weighted by molar-refractivity contribution is 0.0923. The number of thioether (sulfide) groups is 1. The number of amides is 1. The van der Waals surface area contributed by atoms with Crippen molar-refractivity contribution in [3.8, 4) is 0 Å². The number of carbonyl (C=O) groups is 1. The number of aromatic nitrogens is 2. The van der Waals surface area contributed by atoms with Gasteiger partial charge in [0.05, 0.1) is 0 Å². The summed E-state index contributed by atoms with van der Waals surface area (Å²) in [6, 6.07) is 10.7. The van der Waals surface area contributed by atoms with E-state index in [9.17, 15) is 9.59 Å². The van der Waals surface area contributed by atoms with Gasteiger partial charge in [0.25, 0.3) is 11.5 Å². The minimum atomic E-state index is -0.284. The van der Waals surface area contributed by atoms with Crippen LogP contribution < -0.4 is 10.9 Å². The number of rotatable bonds is 3. The standard InChI is InChI=1S/C19H21N3O2S/c23-17(16-12-20-19-22(18(16)24)10-11-25-19)21-15-8-6-14(7-9-15)13-4-2-1-3-5-13/h1-5,12,14-15H,6-11H2,(H,21,23). The van der Waals surface area contributed by atoms with E-state index in [2.05, 4.69) is 34.6 Å². The van der Waals surface area contributed by atoms with Crippen molar-refractivity contribution in [3.05, 3.63) is 58.0 Å². The average Bonchev–Trinajstić information content (AvgIpc) is 3.13. The molecule has 0 spiro atoms. The predicted molar refractivity (Wildman–Crippen MR) is 98.1 cm³/mol. The van der Waals surface area contributed by atoms with Crippen LogP contribution in [0.4, 0.5) is 0 Å². The van der Waals surface area contributed by atoms with Crippen LogP contribution in [-0.4, -0.2) is 27.3 Å². The lowest BCUT2D eigenvalue weighted by atomic mass is 9.82. The molecule has 5 nitrogen and oxygen atoms in total. The third kappa shape index (κ3) is 3.35. The van der Waals surface area contributed by atoms with Crippen LogP contribution in [0.2, 0.25) is 0 Å². The van der Waals surface area contributed by atoms with Gasteiger partial charge in [0.15, 0.2) is 5.16 Å². The Morgan fingerprint density at radius 2 is 1.92 bits per heavy atom. The molecule has 1 aliphatic heterocycles. The van der Waals surface area contributed by atoms with Crippen molar-refractivity contribution in [2.45, 2.75) is 49.3 Å². The Kier molecular flexibility index (Phi) is 4.61. The number of hydrogen-bond acceptors (Lipinski definition) is 4. The topological polar surface area (TPSA) is 64.0 Å². The molecule has 0 unspecified atom stereocenters. The molecule has 0 bridgehead atoms. The fourth-order valence-electron chi connectivity index (χ4n) is 3.73. The minimum Gasteiger partial charge on any atom is -0.349 e. The third-order valence-corrected chi connectivity index (χ3v) is 6.11. The second kappa shape index (κ2) is 7.04. The number of nitrogens with zero attached hydrogens (tertiary/aromatic N) is 2. The molecule has 1 saturated carbocycles. The number of hydrogen-bond donors (Lipinski definition) is 1. The second-order valence-corrected chi connectivity index (χ2v) is 7.75. The normalized spacial score (nSPS) is 22.4. The summed E-state index contributed by atoms with van der Waals surface area (Å²) < 4.78 is 1.60. The van der Waals surface area contributed by atoms with E-state index in [0.717, 1.165) is 31.4 Å². The van der Waals surface area contributed by atoms with Crippen LogP contribution in [0.25, 0.3) is 0 Å². The molecule has 25 heavy (non-hydrogen) atoms. The van der Waals surface area contributed by atoms with Crippen molar-refractivity contribution in [2.24, 2.45) is 0 Å². The fourth-order valence-corrected chi connectivity index (χ4v) is 4.65. The van der Waals surface area contributed by atoms with Crippen molar-refractivity contribution in [1.82, 2.24) is 14.9 Å². The highest BCUT2D eigenvalue weighted by atomic mass is 32.2. The van der Waals surface area contributed by atoms with E-state index in [1.807, 2.05) is 6.07 Å². The van der Waals surface area contributed by atoms with E-state index in [4.69, 9.17) is 0 Å². The van der Waals surface area contributed by atoms with E-state index < -0.39 is 0 Å². The monoisotopic (exact) mass is 355 g/mol. The first-order chi connectivity index (χ1) is 12.2. The Bertz CT molecular complexity index is 826. The Morgan fingerprint density at radius 1 is 1.16 bits per heavy atom. The molecule has 2 aliphatic rings. The molecule has 1 aliphatic carbocycles. The molecule has 4 rings (SSSR count). The van der Waals surface area contributed by atoms with E-state index >= 15 is 0 Å². The summed E-state index contributed by atoms with van der Waals surface area (Å²) in [5.41, 5.74) is 1.33. The molecule has 1 amide bonds. The molecule has 0 atom stereocenters. The quantitative estimate of drug-likeness (QED) is 0.860. The van der Waals surface area contributed by atoms with Gasteiger partial charge in [0, 0.05) is 24.5 Å². The highest BCUT2D eigenvalue weighted by Crippen LogP contribution is 2.32. The van der Waals surface area contributed by atoms with Gasteiger partial charge in [-0.15, -0.1) is 0 Å². The summed E-state index contributed by atoms with van der Waals surface area (Å²) in [4.78, 5) is 29.2. The number of carbonyl (C=O) groups excluding carboxylic acids is 1. The summed E-state index contributed by atoms with van der Waals surface area (Å²) in [6.45, 7) is 0.634. The van der Waals surface area contributed by atoms with E-state index in [0.29, 0.717) is 17.6 Å². The Balaban J connectivity index is 1.39. The van der Waals surface area contributed by atoms with E-state index in [1.54, 1.807) is 16.3 Å². The number of fused-ring (bicyclic) bond motifs is 1. The van der Waals surface area contributed by atoms with Gasteiger partial charge in [-0.2, -0.15) is 0 Å². The van der Waals surface area contributed by atoms with Gasteiger partial charge >= 0.3 is 0 Å². The van der Waals surface area contributed by atoms with Gasteiger partial charge in [0.2, 0.25) is 0 Å². The maximum absolute atomic E-state index is 12.5. The lowest BCUT2D eigenvalue weighted by Gasteiger charge is -2.29. The zero-order chi connectivity index (χ0) is 17.2. The van der Waals surface area contributed by atoms with Gasteiger partial charge in [-0.05, 0) is 37.2 Å². The van der Waals surface area contributed by atoms with Crippen LogP contribution in [-0.2, 0) is 6.54 Å². The van der Waals surface area contributed by atoms with Crippen LogP contribution in [0.1, 0.15) is 47.5 Å². The van der Waals surface area contributed by atoms with Crippen LogP contribution in [0.3, 0.4) is 0 Å². The highest BCUT2D eigenvalue weighted by Gasteiger charge is 2.26. The van der Waals surface area contributed by atoms with Gasteiger partial charge < -0.3 is 5.32 Å². The first kappa shape index (κ1) is 16.4. The smallest absolute Gasteiger partial charge is 0.267 e. The molecule has 2 heterocycles. The average molecular weight is 355 g/mol. The molecule has 1 aromatic heterocycles. The van der Waals surface area contributed by atoms with Gasteiger partial charge in [0.1, 0.15) is 5.56 Å². The fraction of sp³-hybridized carbons (Fsp3) is 0.421. The Labute approximate surface area is 150 Å². The molecule has 1 N–H and O–H groups in total. The summed E-state index contributed by atoms with van der Waals surface area (Å²) in [5.74, 6) is 1.13. The zero-order valence-corrected chi connectivity index (χ0v) is 14.8. The molecule has 0 radical (unpaired) electrons. The van der Waals surface area contributed by atoms with Crippen LogP contribution in [0, 0.1) is 0 Å². The molecule has 130 valence electrons. The largest absolute Gasteiger partial charge is 0.349 e. The summed E-state index contributed by atoms with van der Waals surface area (Å²) in [6.07, 6.45) is 5.44. The van der Waals surface area contributed by atoms with Gasteiger partial charge in [-0.1, -0.05) is 42.1 Å². The van der Waals surface area contributed by atoms with Crippen molar-refractivity contribution in [3.63, 3.8) is 0 Å². The highest BCUT2D eigenvalue weighted by molar-refractivity contribution is 7.99. The van der Waals surface area contributed by atoms with Crippen molar-refractivity contribution in [1.29, 1.82) is 0 Å². The summed E-state index contributed by atoms with van der Waals surface area (Å²) >= 11 is 1.56. The Hall–Kier alpha value is -2.08. The first-order valence-corrected chi connectivity index (χ1v) is 9.79. The second-order valence-electron chi connectivity index (χ2n) is 6.69. The molecule has 1 fully saturated rings. The van der Waals surface area contributed by atoms with E-state index in [1.165, 1.54) is 11.8 Å². The molecule has 2 aromatic rings. The number of nitrogens with one attached hydrogen (secondary N) is 1. The van der Waals surface area contributed by atoms with Crippen molar-refractivity contribution >= 4 is 17.7 Å². The van der Waals surface area contributed by atoms with Crippen LogP contribution in [0.15, 0.2) is 46.5 Å². The molecule has 0 saturated heterocycles. The Morgan fingerprint density at radius 3 is 2.68 bits per heavy atom. The van der Waals surface area contributed by atoms with E-state index in [-0.39, 0.29) is 23.1 Å². The number of benzene rings is 1. The molecule has 1 aromatic carbocycles. The molecular weight excluding hydrogens is 334 g/mol. The maximum atomic E-state index is 12.5. The van der Waals surface area contributed by atoms with Crippen LogP contribution in [0.5, 0.6) is 0 Å². The lowest BCUT2D eigenvalue weighted by Crippen LogP contribution is -2.40. The first-order valence-electron chi connectivity index (χ1n) is 8.81. The summed E-state index contributed by atoms with van der Waals surface area (Å²) in [7, 11) is 0. The third-order valence-electron chi connectivity index (χ3n) is 5.13. The van der Waals surface area contributed by atoms with Crippen molar-refractivity contribution in [2.75, 3.05) is 5.75 Å².